The maximum absolute atomic E-state index is 12.2. The summed E-state index contributed by atoms with van der Waals surface area (Å²) in [5, 5.41) is 2.17. The molecule has 1 aliphatic heterocycles. The fraction of sp³-hybridized carbons (Fsp3) is 0.692. The highest BCUT2D eigenvalue weighted by molar-refractivity contribution is 6.08. The van der Waals surface area contributed by atoms with Crippen LogP contribution in [-0.4, -0.2) is 23.4 Å². The molecule has 0 bridgehead atoms. The van der Waals surface area contributed by atoms with Crippen molar-refractivity contribution in [2.24, 2.45) is 17.8 Å². The third-order valence-corrected chi connectivity index (χ3v) is 3.80. The van der Waals surface area contributed by atoms with E-state index in [1.165, 1.54) is 0 Å². The molecule has 2 fully saturated rings. The van der Waals surface area contributed by atoms with Crippen LogP contribution in [0.1, 0.15) is 39.0 Å². The van der Waals surface area contributed by atoms with Crippen LogP contribution in [0.15, 0.2) is 0 Å². The summed E-state index contributed by atoms with van der Waals surface area (Å²) >= 11 is 0. The molecular weight excluding hydrogens is 234 g/mol. The van der Waals surface area contributed by atoms with Crippen LogP contribution in [0.4, 0.5) is 0 Å². The summed E-state index contributed by atoms with van der Waals surface area (Å²) in [6.45, 7) is 2.02. The Balaban J connectivity index is 2.07. The molecule has 2 atom stereocenters. The fourth-order valence-electron chi connectivity index (χ4n) is 2.75. The zero-order valence-corrected chi connectivity index (χ0v) is 10.4. The van der Waals surface area contributed by atoms with Crippen LogP contribution in [0, 0.1) is 17.8 Å². The van der Waals surface area contributed by atoms with Crippen LogP contribution < -0.4 is 5.32 Å². The number of ketones is 2. The van der Waals surface area contributed by atoms with Crippen molar-refractivity contribution in [2.75, 3.05) is 0 Å². The molecule has 1 heterocycles. The molecular formula is C13H17NO4. The molecule has 2 rings (SSSR count). The van der Waals surface area contributed by atoms with Crippen molar-refractivity contribution in [3.8, 4) is 0 Å². The number of Topliss-reactive ketones (excluding diaryl/α,β-unsaturated/α-hetero) is 2. The van der Waals surface area contributed by atoms with Crippen LogP contribution in [0.25, 0.3) is 0 Å². The Kier molecular flexibility index (Phi) is 3.59. The van der Waals surface area contributed by atoms with Crippen molar-refractivity contribution in [3.05, 3.63) is 0 Å². The van der Waals surface area contributed by atoms with Gasteiger partial charge in [-0.05, 0) is 18.8 Å². The van der Waals surface area contributed by atoms with Gasteiger partial charge in [0.1, 0.15) is 11.6 Å². The lowest BCUT2D eigenvalue weighted by Gasteiger charge is -2.28. The first-order valence-corrected chi connectivity index (χ1v) is 6.36. The average molecular weight is 251 g/mol. The highest BCUT2D eigenvalue weighted by atomic mass is 16.2. The number of amides is 2. The van der Waals surface area contributed by atoms with E-state index < -0.39 is 23.7 Å². The molecule has 2 amide bonds. The van der Waals surface area contributed by atoms with Crippen LogP contribution >= 0.6 is 0 Å². The highest BCUT2D eigenvalue weighted by Gasteiger charge is 2.39. The van der Waals surface area contributed by atoms with E-state index >= 15 is 0 Å². The van der Waals surface area contributed by atoms with E-state index in [9.17, 15) is 19.2 Å². The van der Waals surface area contributed by atoms with E-state index in [2.05, 4.69) is 5.32 Å². The lowest BCUT2D eigenvalue weighted by atomic mass is 9.74. The monoisotopic (exact) mass is 251 g/mol. The number of nitrogens with one attached hydrogen (secondary N) is 1. The van der Waals surface area contributed by atoms with Gasteiger partial charge in [0.15, 0.2) is 0 Å². The molecule has 0 aromatic carbocycles. The standard InChI is InChI=1S/C13H17NO4/c1-7-2-3-10(15)9(4-7)13(18)8-5-11(16)14-12(17)6-8/h7-9H,2-6H2,1H3,(H,14,16,17)/t7-,9-/m1/s1. The van der Waals surface area contributed by atoms with Gasteiger partial charge in [0.2, 0.25) is 11.8 Å². The van der Waals surface area contributed by atoms with E-state index in [1.54, 1.807) is 0 Å². The first-order chi connectivity index (χ1) is 8.47. The van der Waals surface area contributed by atoms with Crippen molar-refractivity contribution in [3.63, 3.8) is 0 Å². The van der Waals surface area contributed by atoms with Gasteiger partial charge in [0.25, 0.3) is 0 Å². The van der Waals surface area contributed by atoms with E-state index in [1.807, 2.05) is 6.92 Å². The van der Waals surface area contributed by atoms with Gasteiger partial charge in [0, 0.05) is 25.2 Å². The average Bonchev–Trinajstić information content (AvgIpc) is 2.30. The van der Waals surface area contributed by atoms with Crippen LogP contribution in [0.5, 0.6) is 0 Å². The van der Waals surface area contributed by atoms with Gasteiger partial charge in [-0.25, -0.2) is 0 Å². The molecule has 1 aliphatic carbocycles. The molecule has 1 saturated heterocycles. The largest absolute Gasteiger partial charge is 0.299 e. The predicted molar refractivity (Wildman–Crippen MR) is 62.4 cm³/mol. The summed E-state index contributed by atoms with van der Waals surface area (Å²) in [4.78, 5) is 46.5. The van der Waals surface area contributed by atoms with Gasteiger partial charge in [-0.2, -0.15) is 0 Å². The maximum atomic E-state index is 12.2. The minimum atomic E-state index is -0.606. The fourth-order valence-corrected chi connectivity index (χ4v) is 2.75. The third-order valence-electron chi connectivity index (χ3n) is 3.80. The molecule has 0 spiro atoms. The molecule has 0 unspecified atom stereocenters. The summed E-state index contributed by atoms with van der Waals surface area (Å²) < 4.78 is 0. The Morgan fingerprint density at radius 1 is 1.17 bits per heavy atom. The Labute approximate surface area is 105 Å². The lowest BCUT2D eigenvalue weighted by molar-refractivity contribution is -0.145. The van der Waals surface area contributed by atoms with E-state index in [0.717, 1.165) is 6.42 Å². The Morgan fingerprint density at radius 3 is 2.39 bits per heavy atom. The smallest absolute Gasteiger partial charge is 0.227 e. The van der Waals surface area contributed by atoms with Crippen molar-refractivity contribution < 1.29 is 19.2 Å². The molecule has 98 valence electrons. The van der Waals surface area contributed by atoms with Gasteiger partial charge in [-0.3, -0.25) is 24.5 Å². The quantitative estimate of drug-likeness (QED) is 0.576. The number of carbonyl (C=O) groups is 4. The second-order valence-electron chi connectivity index (χ2n) is 5.38. The second-order valence-corrected chi connectivity index (χ2v) is 5.38. The summed E-state index contributed by atoms with van der Waals surface area (Å²) in [7, 11) is 0. The minimum absolute atomic E-state index is 0.0305. The number of carbonyl (C=O) groups excluding carboxylic acids is 4. The zero-order valence-electron chi connectivity index (χ0n) is 10.4. The van der Waals surface area contributed by atoms with E-state index in [-0.39, 0.29) is 24.4 Å². The SMILES string of the molecule is C[C@@H]1CCC(=O)[C@H](C(=O)C2CC(=O)NC(=O)C2)C1. The molecule has 18 heavy (non-hydrogen) atoms. The lowest BCUT2D eigenvalue weighted by Crippen LogP contribution is -2.44. The van der Waals surface area contributed by atoms with Crippen LogP contribution in [-0.2, 0) is 19.2 Å². The van der Waals surface area contributed by atoms with Crippen molar-refractivity contribution in [1.82, 2.24) is 5.32 Å². The maximum Gasteiger partial charge on any atom is 0.227 e. The molecule has 1 saturated carbocycles. The van der Waals surface area contributed by atoms with Gasteiger partial charge in [-0.15, -0.1) is 0 Å². The molecule has 1 N–H and O–H groups in total. The van der Waals surface area contributed by atoms with Gasteiger partial charge >= 0.3 is 0 Å². The molecule has 2 aliphatic rings. The number of imide groups is 1. The predicted octanol–water partition coefficient (Wildman–Crippen LogP) is 0.614. The van der Waals surface area contributed by atoms with E-state index in [4.69, 9.17) is 0 Å². The van der Waals surface area contributed by atoms with E-state index in [0.29, 0.717) is 18.8 Å². The number of hydrogen-bond acceptors (Lipinski definition) is 4. The Bertz CT molecular complexity index is 399. The van der Waals surface area contributed by atoms with Gasteiger partial charge in [0.05, 0.1) is 5.92 Å². The number of hydrogen-bond donors (Lipinski definition) is 1. The van der Waals surface area contributed by atoms with Gasteiger partial charge in [-0.1, -0.05) is 6.92 Å². The summed E-state index contributed by atoms with van der Waals surface area (Å²) in [6.07, 6.45) is 1.88. The normalized spacial score (nSPS) is 30.2. The zero-order chi connectivity index (χ0) is 13.3. The topological polar surface area (TPSA) is 80.3 Å². The Morgan fingerprint density at radius 2 is 1.78 bits per heavy atom. The molecule has 0 aromatic heterocycles. The van der Waals surface area contributed by atoms with Crippen LogP contribution in [0.2, 0.25) is 0 Å². The minimum Gasteiger partial charge on any atom is -0.299 e. The van der Waals surface area contributed by atoms with Crippen LogP contribution in [0.3, 0.4) is 0 Å². The first-order valence-electron chi connectivity index (χ1n) is 6.36. The number of piperidine rings is 1. The number of rotatable bonds is 2. The third kappa shape index (κ3) is 2.66. The summed E-state index contributed by atoms with van der Waals surface area (Å²) in [5.74, 6) is -1.93. The molecule has 0 radical (unpaired) electrons. The molecule has 5 nitrogen and oxygen atoms in total. The second kappa shape index (κ2) is 5.00. The Hall–Kier alpha value is -1.52. The van der Waals surface area contributed by atoms with Crippen molar-refractivity contribution in [2.45, 2.75) is 39.0 Å². The van der Waals surface area contributed by atoms with Crippen molar-refractivity contribution in [1.29, 1.82) is 0 Å². The first kappa shape index (κ1) is 12.9. The van der Waals surface area contributed by atoms with Crippen molar-refractivity contribution >= 4 is 23.4 Å². The summed E-state index contributed by atoms with van der Waals surface area (Å²) in [6, 6.07) is 0. The summed E-state index contributed by atoms with van der Waals surface area (Å²) in [5.41, 5.74) is 0. The highest BCUT2D eigenvalue weighted by Crippen LogP contribution is 2.30. The molecule has 0 aromatic rings. The van der Waals surface area contributed by atoms with Gasteiger partial charge < -0.3 is 0 Å². The molecule has 5 heteroatoms.